The molecule has 0 bridgehead atoms. The molecule has 0 radical (unpaired) electrons. The van der Waals surface area contributed by atoms with Crippen molar-refractivity contribution in [2.75, 3.05) is 0 Å². The molecule has 0 atom stereocenters. The first kappa shape index (κ1) is 28.1. The minimum absolute atomic E-state index is 0.0434. The van der Waals surface area contributed by atoms with E-state index in [9.17, 15) is 0 Å². The Bertz CT molecular complexity index is 2460. The van der Waals surface area contributed by atoms with Gasteiger partial charge in [0.2, 0.25) is 0 Å². The fourth-order valence-electron chi connectivity index (χ4n) is 7.37. The molecule has 1 aliphatic rings. The number of fused-ring (bicyclic) bond motifs is 4. The molecule has 0 N–H and O–H groups in total. The summed E-state index contributed by atoms with van der Waals surface area (Å²) in [4.78, 5) is 14.7. The summed E-state index contributed by atoms with van der Waals surface area (Å²) in [5.74, 6) is 0.862. The van der Waals surface area contributed by atoms with Gasteiger partial charge >= 0.3 is 0 Å². The molecule has 4 heteroatoms. The number of hydrogen-bond donors (Lipinski definition) is 0. The zero-order chi connectivity index (χ0) is 32.2. The van der Waals surface area contributed by atoms with Crippen LogP contribution in [0.3, 0.4) is 0 Å². The standard InChI is InChI=1S/C44H32N4/c1-44(2)38-18-10-9-17-36(38)37-27-30(19-20-39(37)44)32-24-33(31-14-11-22-45-28-31)26-34(25-32)43-47-42-40(48(43)35-15-7-4-8-16-35)21-23-46-41(42)29-12-5-3-6-13-29/h3-28H,1-2H3. The van der Waals surface area contributed by atoms with E-state index in [2.05, 4.69) is 133 Å². The normalized spacial score (nSPS) is 13.0. The second-order valence-electron chi connectivity index (χ2n) is 13.0. The van der Waals surface area contributed by atoms with Crippen molar-refractivity contribution in [3.05, 3.63) is 169 Å². The molecule has 5 aromatic carbocycles. The highest BCUT2D eigenvalue weighted by atomic mass is 15.1. The molecule has 8 aromatic rings. The van der Waals surface area contributed by atoms with Crippen molar-refractivity contribution in [2.45, 2.75) is 19.3 Å². The highest BCUT2D eigenvalue weighted by Crippen LogP contribution is 2.49. The minimum Gasteiger partial charge on any atom is -0.292 e. The van der Waals surface area contributed by atoms with Crippen molar-refractivity contribution in [2.24, 2.45) is 0 Å². The highest BCUT2D eigenvalue weighted by molar-refractivity contribution is 5.94. The van der Waals surface area contributed by atoms with Crippen LogP contribution in [0.5, 0.6) is 0 Å². The van der Waals surface area contributed by atoms with Gasteiger partial charge in [-0.05, 0) is 87.5 Å². The van der Waals surface area contributed by atoms with E-state index in [-0.39, 0.29) is 5.41 Å². The summed E-state index contributed by atoms with van der Waals surface area (Å²) in [6.45, 7) is 4.65. The quantitative estimate of drug-likeness (QED) is 0.193. The Kier molecular flexibility index (Phi) is 6.44. The van der Waals surface area contributed by atoms with E-state index in [1.165, 1.54) is 27.8 Å². The molecule has 0 fully saturated rings. The van der Waals surface area contributed by atoms with Gasteiger partial charge in [0.15, 0.2) is 0 Å². The maximum absolute atomic E-state index is 5.40. The van der Waals surface area contributed by atoms with Crippen molar-refractivity contribution in [3.63, 3.8) is 0 Å². The van der Waals surface area contributed by atoms with E-state index in [1.807, 2.05) is 48.9 Å². The van der Waals surface area contributed by atoms with E-state index in [4.69, 9.17) is 9.97 Å². The number of aromatic nitrogens is 4. The van der Waals surface area contributed by atoms with Gasteiger partial charge in [-0.3, -0.25) is 14.5 Å². The van der Waals surface area contributed by atoms with Gasteiger partial charge in [0, 0.05) is 46.4 Å². The summed E-state index contributed by atoms with van der Waals surface area (Å²) >= 11 is 0. The number of para-hydroxylation sites is 1. The Morgan fingerprint density at radius 3 is 2.00 bits per heavy atom. The van der Waals surface area contributed by atoms with Crippen molar-refractivity contribution >= 4 is 11.0 Å². The summed E-state index contributed by atoms with van der Waals surface area (Å²) < 4.78 is 2.26. The fourth-order valence-corrected chi connectivity index (χ4v) is 7.37. The second kappa shape index (κ2) is 11.0. The van der Waals surface area contributed by atoms with Crippen LogP contribution in [0.15, 0.2) is 158 Å². The van der Waals surface area contributed by atoms with Crippen LogP contribution in [0.1, 0.15) is 25.0 Å². The molecule has 0 aliphatic heterocycles. The first-order valence-corrected chi connectivity index (χ1v) is 16.4. The van der Waals surface area contributed by atoms with Crippen LogP contribution in [0.25, 0.3) is 72.7 Å². The maximum Gasteiger partial charge on any atom is 0.145 e. The van der Waals surface area contributed by atoms with Gasteiger partial charge in [-0.15, -0.1) is 0 Å². The first-order valence-electron chi connectivity index (χ1n) is 16.4. The van der Waals surface area contributed by atoms with E-state index >= 15 is 0 Å². The third-order valence-corrected chi connectivity index (χ3v) is 9.74. The average molecular weight is 617 g/mol. The highest BCUT2D eigenvalue weighted by Gasteiger charge is 2.35. The topological polar surface area (TPSA) is 43.6 Å². The second-order valence-corrected chi connectivity index (χ2v) is 13.0. The molecule has 1 aliphatic carbocycles. The fraction of sp³-hybridized carbons (Fsp3) is 0.0682. The smallest absolute Gasteiger partial charge is 0.145 e. The molecule has 48 heavy (non-hydrogen) atoms. The van der Waals surface area contributed by atoms with E-state index in [0.29, 0.717) is 0 Å². The van der Waals surface area contributed by atoms with E-state index in [1.54, 1.807) is 0 Å². The monoisotopic (exact) mass is 616 g/mol. The van der Waals surface area contributed by atoms with Crippen LogP contribution in [0, 0.1) is 0 Å². The van der Waals surface area contributed by atoms with Gasteiger partial charge in [0.1, 0.15) is 11.3 Å². The van der Waals surface area contributed by atoms with Crippen LogP contribution in [0.2, 0.25) is 0 Å². The Morgan fingerprint density at radius 1 is 0.521 bits per heavy atom. The summed E-state index contributed by atoms with van der Waals surface area (Å²) in [6, 6.07) is 49.5. The lowest BCUT2D eigenvalue weighted by Gasteiger charge is -2.21. The lowest BCUT2D eigenvalue weighted by atomic mass is 9.82. The Balaban J connectivity index is 1.31. The molecule has 9 rings (SSSR count). The third kappa shape index (κ3) is 4.49. The van der Waals surface area contributed by atoms with Gasteiger partial charge < -0.3 is 0 Å². The van der Waals surface area contributed by atoms with Crippen LogP contribution >= 0.6 is 0 Å². The average Bonchev–Trinajstić information content (AvgIpc) is 3.65. The zero-order valence-corrected chi connectivity index (χ0v) is 26.8. The zero-order valence-electron chi connectivity index (χ0n) is 26.8. The predicted octanol–water partition coefficient (Wildman–Crippen LogP) is 10.8. The molecule has 0 spiro atoms. The molecule has 3 heterocycles. The van der Waals surface area contributed by atoms with Crippen LogP contribution in [-0.2, 0) is 5.41 Å². The summed E-state index contributed by atoms with van der Waals surface area (Å²) in [5, 5.41) is 0. The summed E-state index contributed by atoms with van der Waals surface area (Å²) in [7, 11) is 0. The third-order valence-electron chi connectivity index (χ3n) is 9.74. The van der Waals surface area contributed by atoms with Gasteiger partial charge in [0.25, 0.3) is 0 Å². The number of imidazole rings is 1. The van der Waals surface area contributed by atoms with E-state index in [0.717, 1.165) is 56.1 Å². The molecular formula is C44H32N4. The summed E-state index contributed by atoms with van der Waals surface area (Å²) in [6.07, 6.45) is 5.64. The van der Waals surface area contributed by atoms with Crippen molar-refractivity contribution in [1.82, 2.24) is 19.5 Å². The van der Waals surface area contributed by atoms with E-state index < -0.39 is 0 Å². The van der Waals surface area contributed by atoms with Gasteiger partial charge in [-0.25, -0.2) is 4.98 Å². The molecule has 0 unspecified atom stereocenters. The lowest BCUT2D eigenvalue weighted by Crippen LogP contribution is -2.14. The minimum atomic E-state index is -0.0434. The van der Waals surface area contributed by atoms with Gasteiger partial charge in [-0.1, -0.05) is 105 Å². The largest absolute Gasteiger partial charge is 0.292 e. The molecule has 4 nitrogen and oxygen atoms in total. The summed E-state index contributed by atoms with van der Waals surface area (Å²) in [5.41, 5.74) is 15.6. The first-order chi connectivity index (χ1) is 23.6. The molecule has 0 amide bonds. The predicted molar refractivity (Wildman–Crippen MR) is 196 cm³/mol. The molecule has 228 valence electrons. The number of benzene rings is 5. The maximum atomic E-state index is 5.40. The number of rotatable bonds is 5. The van der Waals surface area contributed by atoms with Crippen LogP contribution in [-0.4, -0.2) is 19.5 Å². The number of hydrogen-bond acceptors (Lipinski definition) is 3. The molecular weight excluding hydrogens is 585 g/mol. The van der Waals surface area contributed by atoms with Gasteiger partial charge in [-0.2, -0.15) is 0 Å². The molecule has 3 aromatic heterocycles. The Morgan fingerprint density at radius 2 is 1.21 bits per heavy atom. The lowest BCUT2D eigenvalue weighted by molar-refractivity contribution is 0.660. The number of nitrogens with zero attached hydrogens (tertiary/aromatic N) is 4. The molecule has 0 saturated carbocycles. The van der Waals surface area contributed by atoms with Crippen LogP contribution in [0.4, 0.5) is 0 Å². The Labute approximate surface area is 280 Å². The Hall–Kier alpha value is -6.13. The SMILES string of the molecule is CC1(C)c2ccccc2-c2cc(-c3cc(-c4cccnc4)cc(-c4nc5c(-c6ccccc6)nccc5n4-c4ccccc4)c3)ccc21. The van der Waals surface area contributed by atoms with Crippen LogP contribution < -0.4 is 0 Å². The van der Waals surface area contributed by atoms with Crippen molar-refractivity contribution in [1.29, 1.82) is 0 Å². The number of pyridine rings is 2. The van der Waals surface area contributed by atoms with Crippen molar-refractivity contribution < 1.29 is 0 Å². The molecule has 0 saturated heterocycles. The van der Waals surface area contributed by atoms with Gasteiger partial charge in [0.05, 0.1) is 11.2 Å². The van der Waals surface area contributed by atoms with Crippen molar-refractivity contribution in [3.8, 4) is 61.7 Å².